The van der Waals surface area contributed by atoms with Gasteiger partial charge in [0, 0.05) is 13.0 Å². The zero-order chi connectivity index (χ0) is 14.8. The molecule has 2 heterocycles. The fraction of sp³-hybridized carbons (Fsp3) is 0.833. The lowest BCUT2D eigenvalue weighted by molar-refractivity contribution is 0.358. The Morgan fingerprint density at radius 2 is 2.20 bits per heavy atom. The summed E-state index contributed by atoms with van der Waals surface area (Å²) >= 11 is 0. The van der Waals surface area contributed by atoms with E-state index in [0.717, 1.165) is 12.8 Å². The predicted octanol–water partition coefficient (Wildman–Crippen LogP) is 0.679. The fourth-order valence-corrected chi connectivity index (χ4v) is 3.89. The number of aromatic nitrogens is 2. The van der Waals surface area contributed by atoms with Crippen LogP contribution < -0.4 is 10.5 Å². The lowest BCUT2D eigenvalue weighted by atomic mass is 10.1. The topological polar surface area (TPSA) is 94.2 Å². The number of nitrogens with one attached hydrogen (secondary N) is 1. The highest BCUT2D eigenvalue weighted by molar-refractivity contribution is 7.89. The summed E-state index contributed by atoms with van der Waals surface area (Å²) < 4.78 is 32.8. The Labute approximate surface area is 118 Å². The van der Waals surface area contributed by atoms with Crippen molar-refractivity contribution in [2.45, 2.75) is 45.6 Å². The molecular formula is C12H21N3O4S. The first-order valence-corrected chi connectivity index (χ1v) is 8.58. The van der Waals surface area contributed by atoms with E-state index in [4.69, 9.17) is 0 Å². The Balaban J connectivity index is 2.16. The third-order valence-electron chi connectivity index (χ3n) is 3.38. The second kappa shape index (κ2) is 6.09. The molecule has 1 unspecified atom stereocenters. The standard InChI is InChI=1S/C12H21N3O4S/c1-9(2)7-13-20(17,18)8-10-5-3-4-6-11-14-19-12(16)15(10)11/h9-10,13H,3-8H2,1-2H3. The van der Waals surface area contributed by atoms with E-state index in [1.807, 2.05) is 13.8 Å². The molecule has 7 nitrogen and oxygen atoms in total. The normalized spacial score (nSPS) is 19.9. The van der Waals surface area contributed by atoms with Crippen LogP contribution >= 0.6 is 0 Å². The monoisotopic (exact) mass is 303 g/mol. The number of rotatable bonds is 5. The summed E-state index contributed by atoms with van der Waals surface area (Å²) in [6.45, 7) is 4.29. The first-order valence-electron chi connectivity index (χ1n) is 6.93. The molecule has 0 saturated carbocycles. The minimum absolute atomic E-state index is 0.103. The molecule has 0 radical (unpaired) electrons. The highest BCUT2D eigenvalue weighted by Crippen LogP contribution is 2.22. The average Bonchev–Trinajstić information content (AvgIpc) is 2.60. The molecule has 1 N–H and O–H groups in total. The highest BCUT2D eigenvalue weighted by atomic mass is 32.2. The van der Waals surface area contributed by atoms with Gasteiger partial charge in [-0.2, -0.15) is 0 Å². The van der Waals surface area contributed by atoms with Crippen molar-refractivity contribution in [3.05, 3.63) is 16.4 Å². The maximum absolute atomic E-state index is 12.1. The van der Waals surface area contributed by atoms with E-state index in [9.17, 15) is 13.2 Å². The average molecular weight is 303 g/mol. The molecule has 2 rings (SSSR count). The van der Waals surface area contributed by atoms with Crippen LogP contribution in [0.15, 0.2) is 9.32 Å². The molecule has 0 aliphatic carbocycles. The molecule has 1 aliphatic rings. The van der Waals surface area contributed by atoms with E-state index in [1.165, 1.54) is 4.57 Å². The summed E-state index contributed by atoms with van der Waals surface area (Å²) in [4.78, 5) is 11.7. The summed E-state index contributed by atoms with van der Waals surface area (Å²) in [5.41, 5.74) is 0. The van der Waals surface area contributed by atoms with E-state index in [-0.39, 0.29) is 11.7 Å². The van der Waals surface area contributed by atoms with Gasteiger partial charge in [-0.25, -0.2) is 17.9 Å². The van der Waals surface area contributed by atoms with Crippen molar-refractivity contribution in [2.24, 2.45) is 5.92 Å². The van der Waals surface area contributed by atoms with Crippen molar-refractivity contribution >= 4 is 10.0 Å². The molecule has 20 heavy (non-hydrogen) atoms. The molecular weight excluding hydrogens is 282 g/mol. The van der Waals surface area contributed by atoms with Crippen LogP contribution in [-0.4, -0.2) is 30.4 Å². The van der Waals surface area contributed by atoms with Crippen LogP contribution in [0.5, 0.6) is 0 Å². The van der Waals surface area contributed by atoms with Crippen molar-refractivity contribution in [1.82, 2.24) is 14.4 Å². The lowest BCUT2D eigenvalue weighted by Crippen LogP contribution is -2.35. The van der Waals surface area contributed by atoms with Crippen molar-refractivity contribution in [2.75, 3.05) is 12.3 Å². The van der Waals surface area contributed by atoms with E-state index in [0.29, 0.717) is 25.2 Å². The van der Waals surface area contributed by atoms with Gasteiger partial charge in [0.25, 0.3) is 0 Å². The van der Waals surface area contributed by atoms with E-state index < -0.39 is 21.8 Å². The van der Waals surface area contributed by atoms with Gasteiger partial charge in [0.1, 0.15) is 0 Å². The maximum Gasteiger partial charge on any atom is 0.441 e. The number of hydrogen-bond acceptors (Lipinski definition) is 5. The van der Waals surface area contributed by atoms with Gasteiger partial charge in [0.15, 0.2) is 5.82 Å². The first kappa shape index (κ1) is 15.2. The highest BCUT2D eigenvalue weighted by Gasteiger charge is 2.27. The first-order chi connectivity index (χ1) is 9.39. The zero-order valence-electron chi connectivity index (χ0n) is 11.8. The molecule has 0 aromatic carbocycles. The SMILES string of the molecule is CC(C)CNS(=O)(=O)CC1CCCCc2noc(=O)n21. The Kier molecular flexibility index (Phi) is 4.64. The van der Waals surface area contributed by atoms with E-state index in [1.54, 1.807) is 0 Å². The lowest BCUT2D eigenvalue weighted by Gasteiger charge is -2.17. The van der Waals surface area contributed by atoms with Gasteiger partial charge in [-0.3, -0.25) is 9.09 Å². The van der Waals surface area contributed by atoms with Gasteiger partial charge in [0.2, 0.25) is 10.0 Å². The van der Waals surface area contributed by atoms with Crippen LogP contribution in [-0.2, 0) is 16.4 Å². The molecule has 8 heteroatoms. The molecule has 0 bridgehead atoms. The van der Waals surface area contributed by atoms with Gasteiger partial charge >= 0.3 is 5.76 Å². The number of aryl methyl sites for hydroxylation is 1. The van der Waals surface area contributed by atoms with E-state index in [2.05, 4.69) is 14.4 Å². The summed E-state index contributed by atoms with van der Waals surface area (Å²) in [6, 6.07) is -0.393. The summed E-state index contributed by atoms with van der Waals surface area (Å²) in [7, 11) is -3.41. The third-order valence-corrected chi connectivity index (χ3v) is 4.81. The smallest absolute Gasteiger partial charge is 0.296 e. The van der Waals surface area contributed by atoms with Gasteiger partial charge in [-0.15, -0.1) is 0 Å². The summed E-state index contributed by atoms with van der Waals surface area (Å²) in [6.07, 6.45) is 3.08. The molecule has 0 saturated heterocycles. The number of fused-ring (bicyclic) bond motifs is 1. The second-order valence-electron chi connectivity index (χ2n) is 5.66. The fourth-order valence-electron chi connectivity index (χ4n) is 2.37. The zero-order valence-corrected chi connectivity index (χ0v) is 12.6. The minimum atomic E-state index is -3.41. The van der Waals surface area contributed by atoms with Crippen LogP contribution in [0.4, 0.5) is 0 Å². The molecule has 0 amide bonds. The van der Waals surface area contributed by atoms with Gasteiger partial charge in [-0.05, 0) is 18.8 Å². The van der Waals surface area contributed by atoms with Crippen LogP contribution in [0.25, 0.3) is 0 Å². The Hall–Kier alpha value is -1.15. The van der Waals surface area contributed by atoms with Crippen molar-refractivity contribution in [1.29, 1.82) is 0 Å². The number of sulfonamides is 1. The van der Waals surface area contributed by atoms with Gasteiger partial charge in [0.05, 0.1) is 11.8 Å². The molecule has 1 atom stereocenters. The largest absolute Gasteiger partial charge is 0.441 e. The van der Waals surface area contributed by atoms with Crippen molar-refractivity contribution in [3.63, 3.8) is 0 Å². The van der Waals surface area contributed by atoms with Crippen LogP contribution in [0.3, 0.4) is 0 Å². The van der Waals surface area contributed by atoms with Crippen LogP contribution in [0.1, 0.15) is 45.0 Å². The second-order valence-corrected chi connectivity index (χ2v) is 7.51. The number of nitrogens with zero attached hydrogens (tertiary/aromatic N) is 2. The molecule has 1 aliphatic heterocycles. The molecule has 1 aromatic rings. The van der Waals surface area contributed by atoms with Crippen molar-refractivity contribution in [3.8, 4) is 0 Å². The molecule has 1 aromatic heterocycles. The van der Waals surface area contributed by atoms with Gasteiger partial charge < -0.3 is 0 Å². The quantitative estimate of drug-likeness (QED) is 0.863. The summed E-state index contributed by atoms with van der Waals surface area (Å²) in [5.74, 6) is 0.128. The Morgan fingerprint density at radius 3 is 2.90 bits per heavy atom. The Bertz CT molecular complexity index is 602. The van der Waals surface area contributed by atoms with Crippen molar-refractivity contribution < 1.29 is 12.9 Å². The molecule has 0 fully saturated rings. The maximum atomic E-state index is 12.1. The van der Waals surface area contributed by atoms with Crippen LogP contribution in [0, 0.1) is 5.92 Å². The van der Waals surface area contributed by atoms with Gasteiger partial charge in [-0.1, -0.05) is 25.4 Å². The summed E-state index contributed by atoms with van der Waals surface area (Å²) in [5, 5.41) is 3.73. The minimum Gasteiger partial charge on any atom is -0.296 e. The predicted molar refractivity (Wildman–Crippen MR) is 74.0 cm³/mol. The number of hydrogen-bond donors (Lipinski definition) is 1. The van der Waals surface area contributed by atoms with E-state index >= 15 is 0 Å². The molecule has 0 spiro atoms. The third kappa shape index (κ3) is 3.69. The Morgan fingerprint density at radius 1 is 1.45 bits per heavy atom. The molecule has 114 valence electrons. The van der Waals surface area contributed by atoms with Crippen LogP contribution in [0.2, 0.25) is 0 Å².